The van der Waals surface area contributed by atoms with Crippen molar-refractivity contribution in [2.45, 2.75) is 25.2 Å². The molecule has 0 aromatic heterocycles. The third kappa shape index (κ3) is 2.74. The molecule has 0 unspecified atom stereocenters. The van der Waals surface area contributed by atoms with Crippen molar-refractivity contribution in [2.24, 2.45) is 11.3 Å². The molecule has 0 aliphatic carbocycles. The van der Waals surface area contributed by atoms with E-state index in [-0.39, 0.29) is 23.7 Å². The number of rotatable bonds is 2. The number of hydrogen-bond donors (Lipinski definition) is 0. The highest BCUT2D eigenvalue weighted by Gasteiger charge is 2.57. The zero-order chi connectivity index (χ0) is 17.4. The van der Waals surface area contributed by atoms with E-state index in [9.17, 15) is 9.59 Å². The van der Waals surface area contributed by atoms with Crippen LogP contribution in [0.15, 0.2) is 30.3 Å². The summed E-state index contributed by atoms with van der Waals surface area (Å²) in [5, 5.41) is 0. The minimum atomic E-state index is -0.447. The van der Waals surface area contributed by atoms with Gasteiger partial charge in [0, 0.05) is 51.7 Å². The molecule has 1 aromatic carbocycles. The number of amides is 2. The van der Waals surface area contributed by atoms with Gasteiger partial charge in [-0.25, -0.2) is 0 Å². The molecule has 1 aromatic rings. The summed E-state index contributed by atoms with van der Waals surface area (Å²) in [5.74, 6) is 0.552. The summed E-state index contributed by atoms with van der Waals surface area (Å²) < 4.78 is 5.40. The van der Waals surface area contributed by atoms with Gasteiger partial charge in [-0.15, -0.1) is 0 Å². The van der Waals surface area contributed by atoms with Crippen LogP contribution in [-0.4, -0.2) is 61.5 Å². The lowest BCUT2D eigenvalue weighted by molar-refractivity contribution is -0.139. The molecular formula is C20H26N2O3. The fourth-order valence-corrected chi connectivity index (χ4v) is 4.82. The lowest BCUT2D eigenvalue weighted by Gasteiger charge is -2.29. The van der Waals surface area contributed by atoms with Crippen LogP contribution in [0.4, 0.5) is 0 Å². The van der Waals surface area contributed by atoms with Crippen molar-refractivity contribution in [3.8, 4) is 0 Å². The quantitative estimate of drug-likeness (QED) is 0.825. The van der Waals surface area contributed by atoms with Gasteiger partial charge in [-0.3, -0.25) is 9.59 Å². The number of nitrogens with zero attached hydrogens (tertiary/aromatic N) is 2. The molecule has 3 saturated heterocycles. The zero-order valence-corrected chi connectivity index (χ0v) is 14.8. The topological polar surface area (TPSA) is 49.9 Å². The Labute approximate surface area is 148 Å². The van der Waals surface area contributed by atoms with Gasteiger partial charge in [-0.1, -0.05) is 30.3 Å². The van der Waals surface area contributed by atoms with Crippen LogP contribution in [0.2, 0.25) is 0 Å². The second kappa shape index (κ2) is 6.45. The molecule has 0 radical (unpaired) electrons. The summed E-state index contributed by atoms with van der Waals surface area (Å²) >= 11 is 0. The molecule has 5 nitrogen and oxygen atoms in total. The molecule has 134 valence electrons. The molecule has 3 heterocycles. The molecule has 2 atom stereocenters. The molecule has 25 heavy (non-hydrogen) atoms. The Morgan fingerprint density at radius 2 is 1.92 bits per heavy atom. The number of likely N-dealkylation sites (tertiary alicyclic amines) is 2. The van der Waals surface area contributed by atoms with Gasteiger partial charge >= 0.3 is 0 Å². The third-order valence-electron chi connectivity index (χ3n) is 6.29. The Balaban J connectivity index is 1.63. The monoisotopic (exact) mass is 342 g/mol. The van der Waals surface area contributed by atoms with Crippen molar-refractivity contribution in [2.75, 3.05) is 39.9 Å². The largest absolute Gasteiger partial charge is 0.381 e. The maximum Gasteiger partial charge on any atom is 0.231 e. The summed E-state index contributed by atoms with van der Waals surface area (Å²) in [6.07, 6.45) is 2.43. The van der Waals surface area contributed by atoms with Gasteiger partial charge in [0.15, 0.2) is 0 Å². The molecule has 4 rings (SSSR count). The Hall–Kier alpha value is -1.88. The third-order valence-corrected chi connectivity index (χ3v) is 6.29. The van der Waals surface area contributed by atoms with Crippen LogP contribution in [-0.2, 0) is 14.3 Å². The summed E-state index contributed by atoms with van der Waals surface area (Å²) in [4.78, 5) is 29.9. The van der Waals surface area contributed by atoms with E-state index >= 15 is 0 Å². The second-order valence-corrected chi connectivity index (χ2v) is 7.70. The van der Waals surface area contributed by atoms with E-state index in [1.54, 1.807) is 0 Å². The van der Waals surface area contributed by atoms with Crippen LogP contribution in [0.1, 0.15) is 30.7 Å². The fourth-order valence-electron chi connectivity index (χ4n) is 4.82. The summed E-state index contributed by atoms with van der Waals surface area (Å²) in [5.41, 5.74) is 0.727. The average Bonchev–Trinajstić information content (AvgIpc) is 3.19. The standard InChI is InChI=1S/C20H26N2O3/c1-21-10-9-20(19(21)24)14-22(18(23)16-7-11-25-12-8-16)13-17(20)15-5-3-2-4-6-15/h2-6,16-17H,7-14H2,1H3/t17-,20+/m1/s1. The van der Waals surface area contributed by atoms with Crippen molar-refractivity contribution in [3.63, 3.8) is 0 Å². The van der Waals surface area contributed by atoms with Gasteiger partial charge in [0.05, 0.1) is 5.41 Å². The summed E-state index contributed by atoms with van der Waals surface area (Å²) in [7, 11) is 1.88. The maximum absolute atomic E-state index is 13.1. The van der Waals surface area contributed by atoms with Crippen molar-refractivity contribution < 1.29 is 14.3 Å². The Bertz CT molecular complexity index is 656. The van der Waals surface area contributed by atoms with Crippen LogP contribution in [0.3, 0.4) is 0 Å². The van der Waals surface area contributed by atoms with Gasteiger partial charge in [0.2, 0.25) is 11.8 Å². The van der Waals surface area contributed by atoms with Gasteiger partial charge in [-0.2, -0.15) is 0 Å². The second-order valence-electron chi connectivity index (χ2n) is 7.70. The lowest BCUT2D eigenvalue weighted by Crippen LogP contribution is -2.41. The summed E-state index contributed by atoms with van der Waals surface area (Å²) in [6, 6.07) is 10.2. The number of hydrogen-bond acceptors (Lipinski definition) is 3. The molecule has 0 N–H and O–H groups in total. The van der Waals surface area contributed by atoms with E-state index in [1.165, 1.54) is 5.56 Å². The highest BCUT2D eigenvalue weighted by atomic mass is 16.5. The van der Waals surface area contributed by atoms with Crippen molar-refractivity contribution in [3.05, 3.63) is 35.9 Å². The van der Waals surface area contributed by atoms with E-state index in [0.717, 1.165) is 25.8 Å². The molecule has 3 aliphatic heterocycles. The summed E-state index contributed by atoms with van der Waals surface area (Å²) in [6.45, 7) is 3.32. The van der Waals surface area contributed by atoms with Gasteiger partial charge in [0.1, 0.15) is 0 Å². The predicted octanol–water partition coefficient (Wildman–Crippen LogP) is 1.89. The molecule has 0 saturated carbocycles. The first-order valence-electron chi connectivity index (χ1n) is 9.29. The van der Waals surface area contributed by atoms with E-state index in [2.05, 4.69) is 12.1 Å². The fraction of sp³-hybridized carbons (Fsp3) is 0.600. The number of ether oxygens (including phenoxy) is 1. The Morgan fingerprint density at radius 3 is 2.56 bits per heavy atom. The minimum Gasteiger partial charge on any atom is -0.381 e. The van der Waals surface area contributed by atoms with Crippen LogP contribution in [0.25, 0.3) is 0 Å². The van der Waals surface area contributed by atoms with Crippen LogP contribution < -0.4 is 0 Å². The molecule has 3 aliphatic rings. The molecule has 2 amide bonds. The minimum absolute atomic E-state index is 0.0505. The van der Waals surface area contributed by atoms with Gasteiger partial charge in [-0.05, 0) is 24.8 Å². The van der Waals surface area contributed by atoms with Crippen molar-refractivity contribution >= 4 is 11.8 Å². The van der Waals surface area contributed by atoms with Crippen molar-refractivity contribution in [1.82, 2.24) is 9.80 Å². The van der Waals surface area contributed by atoms with Gasteiger partial charge in [0.25, 0.3) is 0 Å². The number of carbonyl (C=O) groups is 2. The normalized spacial score (nSPS) is 30.4. The molecule has 1 spiro atoms. The number of benzene rings is 1. The highest BCUT2D eigenvalue weighted by molar-refractivity contribution is 5.89. The van der Waals surface area contributed by atoms with Crippen LogP contribution >= 0.6 is 0 Å². The number of carbonyl (C=O) groups excluding carboxylic acids is 2. The predicted molar refractivity (Wildman–Crippen MR) is 94.0 cm³/mol. The highest BCUT2D eigenvalue weighted by Crippen LogP contribution is 2.50. The molecule has 5 heteroatoms. The van der Waals surface area contributed by atoms with E-state index < -0.39 is 5.41 Å². The first-order chi connectivity index (χ1) is 12.1. The molecule has 0 bridgehead atoms. The first-order valence-corrected chi connectivity index (χ1v) is 9.29. The van der Waals surface area contributed by atoms with Crippen LogP contribution in [0.5, 0.6) is 0 Å². The Kier molecular flexibility index (Phi) is 4.28. The first kappa shape index (κ1) is 16.6. The Morgan fingerprint density at radius 1 is 1.20 bits per heavy atom. The maximum atomic E-state index is 13.1. The smallest absolute Gasteiger partial charge is 0.231 e. The zero-order valence-electron chi connectivity index (χ0n) is 14.8. The SMILES string of the molecule is CN1CC[C@@]2(CN(C(=O)C3CCOCC3)C[C@@H]2c2ccccc2)C1=O. The van der Waals surface area contributed by atoms with E-state index in [4.69, 9.17) is 4.74 Å². The van der Waals surface area contributed by atoms with Crippen LogP contribution in [0, 0.1) is 11.3 Å². The molecule has 3 fully saturated rings. The van der Waals surface area contributed by atoms with E-state index in [1.807, 2.05) is 35.0 Å². The molecular weight excluding hydrogens is 316 g/mol. The lowest BCUT2D eigenvalue weighted by atomic mass is 9.73. The van der Waals surface area contributed by atoms with Gasteiger partial charge < -0.3 is 14.5 Å². The van der Waals surface area contributed by atoms with Crippen molar-refractivity contribution in [1.29, 1.82) is 0 Å². The van der Waals surface area contributed by atoms with E-state index in [0.29, 0.717) is 26.3 Å². The average molecular weight is 342 g/mol.